The molecule has 4 heteroatoms. The third kappa shape index (κ3) is 3.09. The second kappa shape index (κ2) is 5.98. The maximum Gasteiger partial charge on any atom is 0.119 e. The number of thiazole rings is 1. The number of ether oxygens (including phenoxy) is 1. The lowest BCUT2D eigenvalue weighted by Crippen LogP contribution is -2.12. The Morgan fingerprint density at radius 3 is 3.00 bits per heavy atom. The highest BCUT2D eigenvalue weighted by atomic mass is 32.1. The van der Waals surface area contributed by atoms with Crippen molar-refractivity contribution in [3.8, 4) is 17.0 Å². The zero-order valence-corrected chi connectivity index (χ0v) is 11.5. The van der Waals surface area contributed by atoms with Gasteiger partial charge >= 0.3 is 0 Å². The molecule has 0 aliphatic carbocycles. The molecule has 1 heterocycles. The van der Waals surface area contributed by atoms with Crippen LogP contribution in [0.5, 0.6) is 5.75 Å². The SMILES string of the molecule is COc1cccc(-c2csc(CC(C)CN)n2)c1. The van der Waals surface area contributed by atoms with Gasteiger partial charge in [0.2, 0.25) is 0 Å². The number of nitrogens with zero attached hydrogens (tertiary/aromatic N) is 1. The minimum atomic E-state index is 0.481. The lowest BCUT2D eigenvalue weighted by Gasteiger charge is -2.04. The Hall–Kier alpha value is -1.39. The van der Waals surface area contributed by atoms with Gasteiger partial charge in [-0.2, -0.15) is 0 Å². The molecule has 2 N–H and O–H groups in total. The number of benzene rings is 1. The topological polar surface area (TPSA) is 48.1 Å². The molecule has 0 saturated carbocycles. The molecular weight excluding hydrogens is 244 g/mol. The average molecular weight is 262 g/mol. The molecule has 0 saturated heterocycles. The molecule has 1 unspecified atom stereocenters. The minimum absolute atomic E-state index is 0.481. The maximum atomic E-state index is 5.64. The molecule has 0 fully saturated rings. The summed E-state index contributed by atoms with van der Waals surface area (Å²) in [6.07, 6.45) is 0.950. The van der Waals surface area contributed by atoms with Crippen LogP contribution in [0.25, 0.3) is 11.3 Å². The van der Waals surface area contributed by atoms with E-state index in [9.17, 15) is 0 Å². The van der Waals surface area contributed by atoms with Crippen LogP contribution in [0.1, 0.15) is 11.9 Å². The van der Waals surface area contributed by atoms with Crippen LogP contribution in [-0.4, -0.2) is 18.6 Å². The highest BCUT2D eigenvalue weighted by Crippen LogP contribution is 2.26. The van der Waals surface area contributed by atoms with Crippen molar-refractivity contribution < 1.29 is 4.74 Å². The highest BCUT2D eigenvalue weighted by molar-refractivity contribution is 7.09. The van der Waals surface area contributed by atoms with E-state index in [-0.39, 0.29) is 0 Å². The molecule has 2 rings (SSSR count). The smallest absolute Gasteiger partial charge is 0.119 e. The molecule has 1 atom stereocenters. The summed E-state index contributed by atoms with van der Waals surface area (Å²) >= 11 is 1.69. The fourth-order valence-electron chi connectivity index (χ4n) is 1.70. The van der Waals surface area contributed by atoms with Gasteiger partial charge in [0, 0.05) is 17.4 Å². The molecule has 0 radical (unpaired) electrons. The standard InChI is InChI=1S/C14H18N2OS/c1-10(8-15)6-14-16-13(9-18-14)11-4-3-5-12(7-11)17-2/h3-5,7,9-10H,6,8,15H2,1-2H3. The predicted octanol–water partition coefficient (Wildman–Crippen LogP) is 2.96. The lowest BCUT2D eigenvalue weighted by atomic mass is 10.1. The van der Waals surface area contributed by atoms with E-state index in [0.717, 1.165) is 28.4 Å². The number of hydrogen-bond donors (Lipinski definition) is 1. The van der Waals surface area contributed by atoms with Crippen LogP contribution in [0.15, 0.2) is 29.6 Å². The van der Waals surface area contributed by atoms with Crippen molar-refractivity contribution in [1.82, 2.24) is 4.98 Å². The molecule has 0 bridgehead atoms. The molecular formula is C14H18N2OS. The summed E-state index contributed by atoms with van der Waals surface area (Å²) < 4.78 is 5.22. The summed E-state index contributed by atoms with van der Waals surface area (Å²) in [6, 6.07) is 7.97. The maximum absolute atomic E-state index is 5.64. The summed E-state index contributed by atoms with van der Waals surface area (Å²) in [5.41, 5.74) is 7.74. The van der Waals surface area contributed by atoms with E-state index in [1.165, 1.54) is 0 Å². The van der Waals surface area contributed by atoms with Gasteiger partial charge in [-0.15, -0.1) is 11.3 Å². The number of hydrogen-bond acceptors (Lipinski definition) is 4. The van der Waals surface area contributed by atoms with Gasteiger partial charge in [0.1, 0.15) is 5.75 Å². The molecule has 0 amide bonds. The van der Waals surface area contributed by atoms with Gasteiger partial charge in [-0.05, 0) is 24.6 Å². The molecule has 1 aromatic carbocycles. The Morgan fingerprint density at radius 2 is 2.28 bits per heavy atom. The normalized spacial score (nSPS) is 12.4. The molecule has 96 valence electrons. The van der Waals surface area contributed by atoms with E-state index < -0.39 is 0 Å². The molecule has 1 aromatic heterocycles. The number of aromatic nitrogens is 1. The molecule has 3 nitrogen and oxygen atoms in total. The molecule has 18 heavy (non-hydrogen) atoms. The Morgan fingerprint density at radius 1 is 1.44 bits per heavy atom. The Bertz CT molecular complexity index is 510. The zero-order chi connectivity index (χ0) is 13.0. The fourth-order valence-corrected chi connectivity index (χ4v) is 2.67. The van der Waals surface area contributed by atoms with Crippen molar-refractivity contribution in [3.05, 3.63) is 34.7 Å². The van der Waals surface area contributed by atoms with Crippen molar-refractivity contribution in [2.45, 2.75) is 13.3 Å². The van der Waals surface area contributed by atoms with Gasteiger partial charge in [0.05, 0.1) is 17.8 Å². The summed E-state index contributed by atoms with van der Waals surface area (Å²) in [5, 5.41) is 3.23. The van der Waals surface area contributed by atoms with Gasteiger partial charge in [-0.25, -0.2) is 4.98 Å². The molecule has 0 spiro atoms. The van der Waals surface area contributed by atoms with Crippen LogP contribution in [0.2, 0.25) is 0 Å². The van der Waals surface area contributed by atoms with Crippen molar-refractivity contribution >= 4 is 11.3 Å². The first kappa shape index (κ1) is 13.1. The molecule has 0 aliphatic rings. The number of methoxy groups -OCH3 is 1. The van der Waals surface area contributed by atoms with Crippen molar-refractivity contribution in [3.63, 3.8) is 0 Å². The minimum Gasteiger partial charge on any atom is -0.497 e. The zero-order valence-electron chi connectivity index (χ0n) is 10.7. The van der Waals surface area contributed by atoms with Crippen LogP contribution in [0.3, 0.4) is 0 Å². The second-order valence-electron chi connectivity index (χ2n) is 4.40. The average Bonchev–Trinajstić information content (AvgIpc) is 2.87. The van der Waals surface area contributed by atoms with Crippen LogP contribution in [0, 0.1) is 5.92 Å². The summed E-state index contributed by atoms with van der Waals surface area (Å²) in [7, 11) is 1.68. The van der Waals surface area contributed by atoms with E-state index in [4.69, 9.17) is 10.5 Å². The van der Waals surface area contributed by atoms with Crippen LogP contribution >= 0.6 is 11.3 Å². The number of nitrogens with two attached hydrogens (primary N) is 1. The lowest BCUT2D eigenvalue weighted by molar-refractivity contribution is 0.415. The summed E-state index contributed by atoms with van der Waals surface area (Å²) in [4.78, 5) is 4.65. The number of rotatable bonds is 5. The summed E-state index contributed by atoms with van der Waals surface area (Å²) in [5.74, 6) is 1.34. The first-order chi connectivity index (χ1) is 8.72. The van der Waals surface area contributed by atoms with Crippen molar-refractivity contribution in [1.29, 1.82) is 0 Å². The van der Waals surface area contributed by atoms with E-state index in [2.05, 4.69) is 17.3 Å². The Kier molecular flexibility index (Phi) is 4.33. The van der Waals surface area contributed by atoms with E-state index >= 15 is 0 Å². The third-order valence-corrected chi connectivity index (χ3v) is 3.71. The molecule has 2 aromatic rings. The summed E-state index contributed by atoms with van der Waals surface area (Å²) in [6.45, 7) is 2.85. The van der Waals surface area contributed by atoms with Crippen LogP contribution in [0.4, 0.5) is 0 Å². The third-order valence-electron chi connectivity index (χ3n) is 2.84. The molecule has 0 aliphatic heterocycles. The van der Waals surface area contributed by atoms with Crippen molar-refractivity contribution in [2.24, 2.45) is 11.7 Å². The van der Waals surface area contributed by atoms with Gasteiger partial charge < -0.3 is 10.5 Å². The fraction of sp³-hybridized carbons (Fsp3) is 0.357. The van der Waals surface area contributed by atoms with Crippen molar-refractivity contribution in [2.75, 3.05) is 13.7 Å². The first-order valence-electron chi connectivity index (χ1n) is 6.02. The van der Waals surface area contributed by atoms with Crippen LogP contribution < -0.4 is 10.5 Å². The highest BCUT2D eigenvalue weighted by Gasteiger charge is 2.08. The predicted molar refractivity (Wildman–Crippen MR) is 76.0 cm³/mol. The second-order valence-corrected chi connectivity index (χ2v) is 5.35. The van der Waals surface area contributed by atoms with E-state index in [1.807, 2.05) is 24.3 Å². The Balaban J connectivity index is 2.18. The van der Waals surface area contributed by atoms with E-state index in [1.54, 1.807) is 18.4 Å². The van der Waals surface area contributed by atoms with Gasteiger partial charge in [-0.3, -0.25) is 0 Å². The monoisotopic (exact) mass is 262 g/mol. The van der Waals surface area contributed by atoms with Gasteiger partial charge in [0.15, 0.2) is 0 Å². The van der Waals surface area contributed by atoms with Gasteiger partial charge in [0.25, 0.3) is 0 Å². The van der Waals surface area contributed by atoms with Gasteiger partial charge in [-0.1, -0.05) is 19.1 Å². The van der Waals surface area contributed by atoms with E-state index in [0.29, 0.717) is 12.5 Å². The quantitative estimate of drug-likeness (QED) is 0.901. The van der Waals surface area contributed by atoms with Crippen LogP contribution in [-0.2, 0) is 6.42 Å². The first-order valence-corrected chi connectivity index (χ1v) is 6.89. The largest absolute Gasteiger partial charge is 0.497 e. The Labute approximate surface area is 112 Å².